The Morgan fingerprint density at radius 3 is 2.54 bits per heavy atom. The first-order valence-corrected chi connectivity index (χ1v) is 8.40. The van der Waals surface area contributed by atoms with E-state index in [2.05, 4.69) is 15.5 Å². The number of amides is 2. The number of likely N-dealkylation sites (tertiary alicyclic amines) is 1. The summed E-state index contributed by atoms with van der Waals surface area (Å²) in [5.74, 6) is 0.0323. The molecule has 0 spiro atoms. The highest BCUT2D eigenvalue weighted by Crippen LogP contribution is 2.17. The van der Waals surface area contributed by atoms with Gasteiger partial charge in [-0.05, 0) is 51.9 Å². The van der Waals surface area contributed by atoms with Crippen LogP contribution in [0.3, 0.4) is 0 Å². The van der Waals surface area contributed by atoms with E-state index in [-0.39, 0.29) is 23.5 Å². The molecule has 2 amide bonds. The molecular formula is C18H25N3O3. The highest BCUT2D eigenvalue weighted by atomic mass is 16.2. The van der Waals surface area contributed by atoms with Crippen molar-refractivity contribution in [1.29, 1.82) is 0 Å². The van der Waals surface area contributed by atoms with Crippen LogP contribution in [0.5, 0.6) is 0 Å². The fourth-order valence-electron chi connectivity index (χ4n) is 2.89. The zero-order chi connectivity index (χ0) is 17.5. The smallest absolute Gasteiger partial charge is 0.238 e. The predicted octanol–water partition coefficient (Wildman–Crippen LogP) is 1.68. The van der Waals surface area contributed by atoms with Crippen LogP contribution in [0.25, 0.3) is 0 Å². The van der Waals surface area contributed by atoms with Gasteiger partial charge in [0.15, 0.2) is 5.78 Å². The van der Waals surface area contributed by atoms with Gasteiger partial charge in [-0.3, -0.25) is 19.3 Å². The largest absolute Gasteiger partial charge is 0.356 e. The molecule has 6 nitrogen and oxygen atoms in total. The number of ketones is 1. The SMILES string of the molecule is CCNC(=O)C1CCN(CC(=O)Nc2cccc(C(C)=O)c2)CC1. The lowest BCUT2D eigenvalue weighted by atomic mass is 9.96. The molecule has 1 saturated heterocycles. The lowest BCUT2D eigenvalue weighted by molar-refractivity contribution is -0.126. The van der Waals surface area contributed by atoms with E-state index in [1.165, 1.54) is 6.92 Å². The summed E-state index contributed by atoms with van der Waals surface area (Å²) in [6.07, 6.45) is 1.55. The van der Waals surface area contributed by atoms with Crippen LogP contribution < -0.4 is 10.6 Å². The number of carbonyl (C=O) groups excluding carboxylic acids is 3. The Kier molecular flexibility index (Phi) is 6.49. The number of anilines is 1. The fraction of sp³-hybridized carbons (Fsp3) is 0.500. The average Bonchev–Trinajstić information content (AvgIpc) is 2.55. The van der Waals surface area contributed by atoms with E-state index in [9.17, 15) is 14.4 Å². The van der Waals surface area contributed by atoms with E-state index >= 15 is 0 Å². The number of carbonyl (C=O) groups is 3. The first-order valence-electron chi connectivity index (χ1n) is 8.40. The minimum absolute atomic E-state index is 0.0291. The monoisotopic (exact) mass is 331 g/mol. The molecule has 1 aliphatic heterocycles. The molecule has 0 unspecified atom stereocenters. The van der Waals surface area contributed by atoms with E-state index in [1.54, 1.807) is 24.3 Å². The quantitative estimate of drug-likeness (QED) is 0.777. The summed E-state index contributed by atoms with van der Waals surface area (Å²) in [6.45, 7) is 5.84. The van der Waals surface area contributed by atoms with Crippen LogP contribution in [-0.2, 0) is 9.59 Å². The standard InChI is InChI=1S/C18H25N3O3/c1-3-19-18(24)14-7-9-21(10-8-14)12-17(23)20-16-6-4-5-15(11-16)13(2)22/h4-6,11,14H,3,7-10,12H2,1-2H3,(H,19,24)(H,20,23). The van der Waals surface area contributed by atoms with Gasteiger partial charge >= 0.3 is 0 Å². The molecule has 6 heteroatoms. The van der Waals surface area contributed by atoms with Crippen molar-refractivity contribution >= 4 is 23.3 Å². The van der Waals surface area contributed by atoms with Crippen molar-refractivity contribution in [3.8, 4) is 0 Å². The molecule has 1 aliphatic rings. The number of piperidine rings is 1. The van der Waals surface area contributed by atoms with Gasteiger partial charge in [-0.2, -0.15) is 0 Å². The molecule has 2 rings (SSSR count). The summed E-state index contributed by atoms with van der Waals surface area (Å²) in [7, 11) is 0. The van der Waals surface area contributed by atoms with Crippen LogP contribution in [0.2, 0.25) is 0 Å². The number of Topliss-reactive ketones (excluding diaryl/α,β-unsaturated/α-hetero) is 1. The second-order valence-electron chi connectivity index (χ2n) is 6.13. The van der Waals surface area contributed by atoms with Crippen molar-refractivity contribution in [1.82, 2.24) is 10.2 Å². The normalized spacial score (nSPS) is 15.8. The van der Waals surface area contributed by atoms with Crippen molar-refractivity contribution in [3.63, 3.8) is 0 Å². The zero-order valence-corrected chi connectivity index (χ0v) is 14.3. The van der Waals surface area contributed by atoms with Gasteiger partial charge in [0.1, 0.15) is 0 Å². The molecule has 0 atom stereocenters. The van der Waals surface area contributed by atoms with E-state index in [0.29, 0.717) is 24.3 Å². The Morgan fingerprint density at radius 1 is 1.21 bits per heavy atom. The van der Waals surface area contributed by atoms with Gasteiger partial charge in [0.2, 0.25) is 11.8 Å². The number of benzene rings is 1. The highest BCUT2D eigenvalue weighted by Gasteiger charge is 2.25. The maximum Gasteiger partial charge on any atom is 0.238 e. The van der Waals surface area contributed by atoms with E-state index in [4.69, 9.17) is 0 Å². The molecule has 1 fully saturated rings. The van der Waals surface area contributed by atoms with Crippen LogP contribution in [0.1, 0.15) is 37.0 Å². The Balaban J connectivity index is 1.80. The molecule has 0 aromatic heterocycles. The van der Waals surface area contributed by atoms with Gasteiger partial charge in [-0.1, -0.05) is 12.1 Å². The summed E-state index contributed by atoms with van der Waals surface area (Å²) in [5, 5.41) is 5.68. The molecule has 130 valence electrons. The van der Waals surface area contributed by atoms with Gasteiger partial charge in [-0.15, -0.1) is 0 Å². The Hall–Kier alpha value is -2.21. The van der Waals surface area contributed by atoms with E-state index in [0.717, 1.165) is 25.9 Å². The Bertz CT molecular complexity index is 607. The minimum Gasteiger partial charge on any atom is -0.356 e. The van der Waals surface area contributed by atoms with Crippen molar-refractivity contribution in [2.75, 3.05) is 31.5 Å². The lowest BCUT2D eigenvalue weighted by Gasteiger charge is -2.30. The maximum atomic E-state index is 12.2. The third-order valence-electron chi connectivity index (χ3n) is 4.23. The molecule has 24 heavy (non-hydrogen) atoms. The van der Waals surface area contributed by atoms with E-state index < -0.39 is 0 Å². The first-order chi connectivity index (χ1) is 11.5. The molecule has 1 aromatic carbocycles. The fourth-order valence-corrected chi connectivity index (χ4v) is 2.89. The lowest BCUT2D eigenvalue weighted by Crippen LogP contribution is -2.43. The topological polar surface area (TPSA) is 78.5 Å². The van der Waals surface area contributed by atoms with Gasteiger partial charge in [0.05, 0.1) is 6.54 Å². The molecule has 1 heterocycles. The van der Waals surface area contributed by atoms with Crippen LogP contribution in [0.4, 0.5) is 5.69 Å². The second-order valence-corrected chi connectivity index (χ2v) is 6.13. The summed E-state index contributed by atoms with van der Waals surface area (Å²) in [5.41, 5.74) is 1.21. The van der Waals surface area contributed by atoms with Crippen LogP contribution >= 0.6 is 0 Å². The Labute approximate surface area is 142 Å². The average molecular weight is 331 g/mol. The number of hydrogen-bond acceptors (Lipinski definition) is 4. The highest BCUT2D eigenvalue weighted by molar-refractivity contribution is 5.97. The molecule has 2 N–H and O–H groups in total. The third-order valence-corrected chi connectivity index (χ3v) is 4.23. The summed E-state index contributed by atoms with van der Waals surface area (Å²) in [4.78, 5) is 37.4. The molecule has 1 aromatic rings. The zero-order valence-electron chi connectivity index (χ0n) is 14.3. The number of hydrogen-bond donors (Lipinski definition) is 2. The molecule has 0 saturated carbocycles. The first kappa shape index (κ1) is 18.1. The summed E-state index contributed by atoms with van der Waals surface area (Å²) < 4.78 is 0. The molecule has 0 radical (unpaired) electrons. The van der Waals surface area contributed by atoms with Gasteiger partial charge < -0.3 is 10.6 Å². The van der Waals surface area contributed by atoms with Crippen LogP contribution in [0, 0.1) is 5.92 Å². The summed E-state index contributed by atoms with van der Waals surface area (Å²) >= 11 is 0. The minimum atomic E-state index is -0.104. The third kappa shape index (κ3) is 5.16. The summed E-state index contributed by atoms with van der Waals surface area (Å²) in [6, 6.07) is 6.93. The van der Waals surface area contributed by atoms with Crippen LogP contribution in [0.15, 0.2) is 24.3 Å². The number of nitrogens with zero attached hydrogens (tertiary/aromatic N) is 1. The maximum absolute atomic E-state index is 12.2. The molecule has 0 bridgehead atoms. The van der Waals surface area contributed by atoms with Crippen molar-refractivity contribution < 1.29 is 14.4 Å². The van der Waals surface area contributed by atoms with Crippen molar-refractivity contribution in [2.24, 2.45) is 5.92 Å². The van der Waals surface area contributed by atoms with Crippen molar-refractivity contribution in [2.45, 2.75) is 26.7 Å². The van der Waals surface area contributed by atoms with Crippen molar-refractivity contribution in [3.05, 3.63) is 29.8 Å². The molecular weight excluding hydrogens is 306 g/mol. The second kappa shape index (κ2) is 8.59. The number of nitrogens with one attached hydrogen (secondary N) is 2. The number of rotatable bonds is 6. The van der Waals surface area contributed by atoms with Gasteiger partial charge in [0.25, 0.3) is 0 Å². The Morgan fingerprint density at radius 2 is 1.92 bits per heavy atom. The molecule has 0 aliphatic carbocycles. The van der Waals surface area contributed by atoms with Gasteiger partial charge in [0, 0.05) is 23.7 Å². The van der Waals surface area contributed by atoms with E-state index in [1.807, 2.05) is 6.92 Å². The van der Waals surface area contributed by atoms with Gasteiger partial charge in [-0.25, -0.2) is 0 Å². The predicted molar refractivity (Wildman–Crippen MR) is 92.9 cm³/mol. The van der Waals surface area contributed by atoms with Crippen LogP contribution in [-0.4, -0.2) is 48.7 Å².